The number of aliphatic hydroxyl groups is 3. The lowest BCUT2D eigenvalue weighted by atomic mass is 10.0. The van der Waals surface area contributed by atoms with Gasteiger partial charge in [0.1, 0.15) is 12.7 Å². The summed E-state index contributed by atoms with van der Waals surface area (Å²) in [5.41, 5.74) is 0. The summed E-state index contributed by atoms with van der Waals surface area (Å²) in [5.74, 6) is -0.208. The molecule has 57 heavy (non-hydrogen) atoms. The Hall–Kier alpha value is -2.11. The number of rotatable bonds is 40. The van der Waals surface area contributed by atoms with Gasteiger partial charge in [0.05, 0.1) is 25.9 Å². The molecule has 0 saturated carbocycles. The van der Waals surface area contributed by atoms with Crippen molar-refractivity contribution in [1.82, 2.24) is 0 Å². The molecule has 12 heteroatoms. The molecule has 0 aliphatic carbocycles. The Labute approximate surface area is 346 Å². The highest BCUT2D eigenvalue weighted by Crippen LogP contribution is 2.43. The highest BCUT2D eigenvalue weighted by Gasteiger charge is 2.27. The van der Waals surface area contributed by atoms with Gasteiger partial charge in [0.25, 0.3) is 0 Å². The van der Waals surface area contributed by atoms with Crippen molar-refractivity contribution in [2.24, 2.45) is 5.92 Å². The van der Waals surface area contributed by atoms with Crippen molar-refractivity contribution < 1.29 is 52.9 Å². The fourth-order valence-electron chi connectivity index (χ4n) is 5.81. The Kier molecular flexibility index (Phi) is 37.9. The molecule has 0 rings (SSSR count). The van der Waals surface area contributed by atoms with Crippen LogP contribution < -0.4 is 0 Å². The SMILES string of the molecule is CCCCC[C@@H](O)/C=C/C=C\C/C=C\C/C=C\CCCC(=O)OC[C@H](COP(=O)(O)OC[C@@H](O)CO)OC(=O)CCCCCCCCCCCCCCCC(C)C. The zero-order valence-corrected chi connectivity index (χ0v) is 36.7. The number of hydrogen-bond acceptors (Lipinski definition) is 10. The van der Waals surface area contributed by atoms with Crippen molar-refractivity contribution in [1.29, 1.82) is 0 Å². The smallest absolute Gasteiger partial charge is 0.462 e. The molecular weight excluding hydrogens is 747 g/mol. The van der Waals surface area contributed by atoms with Gasteiger partial charge in [-0.2, -0.15) is 0 Å². The van der Waals surface area contributed by atoms with Gasteiger partial charge in [-0.25, -0.2) is 4.57 Å². The number of carbonyl (C=O) groups excluding carboxylic acids is 2. The molecule has 0 radical (unpaired) electrons. The summed E-state index contributed by atoms with van der Waals surface area (Å²) in [7, 11) is -4.64. The summed E-state index contributed by atoms with van der Waals surface area (Å²) in [4.78, 5) is 35.0. The standard InChI is InChI=1S/C45H81O11P/c1-4-5-26-32-41(47)33-28-23-19-15-11-9-13-16-20-24-29-34-44(49)53-38-43(39-55-57(51,52)54-37-42(48)36-46)56-45(50)35-30-25-21-17-12-8-6-7-10-14-18-22-27-31-40(2)3/h9,11,16,19-20,23,28,33,40-43,46-48H,4-8,10,12-15,17-18,21-22,24-27,29-32,34-39H2,1-3H3,(H,51,52)/b11-9-,20-16-,23-19-,33-28+/t41-,42+,43-/m1/s1. The summed E-state index contributed by atoms with van der Waals surface area (Å²) in [6.07, 6.45) is 37.0. The van der Waals surface area contributed by atoms with Gasteiger partial charge in [0.15, 0.2) is 6.10 Å². The molecule has 1 unspecified atom stereocenters. The summed E-state index contributed by atoms with van der Waals surface area (Å²) in [6.45, 7) is 4.51. The molecule has 4 N–H and O–H groups in total. The van der Waals surface area contributed by atoms with Crippen LogP contribution in [0.2, 0.25) is 0 Å². The molecule has 0 spiro atoms. The third-order valence-corrected chi connectivity index (χ3v) is 10.2. The molecule has 0 bridgehead atoms. The molecular formula is C45H81O11P. The Morgan fingerprint density at radius 3 is 1.79 bits per heavy atom. The normalized spacial score (nSPS) is 14.9. The van der Waals surface area contributed by atoms with Crippen molar-refractivity contribution >= 4 is 19.8 Å². The largest absolute Gasteiger partial charge is 0.472 e. The molecule has 0 aliphatic rings. The zero-order chi connectivity index (χ0) is 42.2. The monoisotopic (exact) mass is 829 g/mol. The number of phosphoric ester groups is 1. The molecule has 11 nitrogen and oxygen atoms in total. The maximum Gasteiger partial charge on any atom is 0.472 e. The number of hydrogen-bond donors (Lipinski definition) is 4. The van der Waals surface area contributed by atoms with Gasteiger partial charge in [-0.1, -0.05) is 172 Å². The third-order valence-electron chi connectivity index (χ3n) is 9.27. The van der Waals surface area contributed by atoms with Gasteiger partial charge in [-0.15, -0.1) is 0 Å². The quantitative estimate of drug-likeness (QED) is 0.0152. The van der Waals surface area contributed by atoms with E-state index < -0.39 is 51.8 Å². The molecule has 0 saturated heterocycles. The number of aliphatic hydroxyl groups excluding tert-OH is 3. The molecule has 0 fully saturated rings. The van der Waals surface area contributed by atoms with E-state index in [4.69, 9.17) is 19.1 Å². The molecule has 0 aromatic carbocycles. The van der Waals surface area contributed by atoms with Crippen LogP contribution in [0, 0.1) is 5.92 Å². The average molecular weight is 829 g/mol. The molecule has 0 aromatic heterocycles. The van der Waals surface area contributed by atoms with Crippen LogP contribution in [0.1, 0.15) is 175 Å². The molecule has 0 aliphatic heterocycles. The first kappa shape index (κ1) is 54.9. The van der Waals surface area contributed by atoms with Crippen LogP contribution in [0.3, 0.4) is 0 Å². The summed E-state index contributed by atoms with van der Waals surface area (Å²) < 4.78 is 32.6. The number of ether oxygens (including phenoxy) is 2. The first-order chi connectivity index (χ1) is 27.5. The lowest BCUT2D eigenvalue weighted by Crippen LogP contribution is -2.29. The first-order valence-electron chi connectivity index (χ1n) is 22.1. The van der Waals surface area contributed by atoms with Crippen LogP contribution in [-0.4, -0.2) is 76.9 Å². The summed E-state index contributed by atoms with van der Waals surface area (Å²) in [6, 6.07) is 0. The second-order valence-electron chi connectivity index (χ2n) is 15.4. The van der Waals surface area contributed by atoms with Crippen molar-refractivity contribution in [3.63, 3.8) is 0 Å². The van der Waals surface area contributed by atoms with Crippen LogP contribution >= 0.6 is 7.82 Å². The third kappa shape index (κ3) is 40.5. The van der Waals surface area contributed by atoms with E-state index >= 15 is 0 Å². The van der Waals surface area contributed by atoms with Gasteiger partial charge in [-0.05, 0) is 44.4 Å². The Morgan fingerprint density at radius 1 is 0.632 bits per heavy atom. The topological polar surface area (TPSA) is 169 Å². The highest BCUT2D eigenvalue weighted by atomic mass is 31.2. The minimum atomic E-state index is -4.64. The molecule has 0 heterocycles. The lowest BCUT2D eigenvalue weighted by molar-refractivity contribution is -0.161. The van der Waals surface area contributed by atoms with Crippen LogP contribution in [0.5, 0.6) is 0 Å². The molecule has 0 aromatic rings. The van der Waals surface area contributed by atoms with E-state index in [0.717, 1.165) is 63.7 Å². The van der Waals surface area contributed by atoms with Crippen LogP contribution in [-0.2, 0) is 32.7 Å². The van der Waals surface area contributed by atoms with Gasteiger partial charge in [0, 0.05) is 12.8 Å². The minimum absolute atomic E-state index is 0.145. The van der Waals surface area contributed by atoms with Crippen LogP contribution in [0.25, 0.3) is 0 Å². The van der Waals surface area contributed by atoms with Gasteiger partial charge >= 0.3 is 19.8 Å². The van der Waals surface area contributed by atoms with Crippen LogP contribution in [0.15, 0.2) is 48.6 Å². The predicted molar refractivity (Wildman–Crippen MR) is 230 cm³/mol. The fraction of sp³-hybridized carbons (Fsp3) is 0.778. The predicted octanol–water partition coefficient (Wildman–Crippen LogP) is 10.6. The minimum Gasteiger partial charge on any atom is -0.462 e. The molecule has 0 amide bonds. The van der Waals surface area contributed by atoms with Crippen molar-refractivity contribution in [3.8, 4) is 0 Å². The van der Waals surface area contributed by atoms with Crippen molar-refractivity contribution in [3.05, 3.63) is 48.6 Å². The maximum absolute atomic E-state index is 12.6. The number of carbonyl (C=O) groups is 2. The van der Waals surface area contributed by atoms with Gasteiger partial charge < -0.3 is 29.7 Å². The Balaban J connectivity index is 4.41. The second kappa shape index (κ2) is 39.4. The average Bonchev–Trinajstić information content (AvgIpc) is 3.18. The van der Waals surface area contributed by atoms with Gasteiger partial charge in [0.2, 0.25) is 0 Å². The zero-order valence-electron chi connectivity index (χ0n) is 35.8. The maximum atomic E-state index is 12.6. The number of phosphoric acid groups is 1. The number of unbranched alkanes of at least 4 members (excludes halogenated alkanes) is 15. The van der Waals surface area contributed by atoms with Crippen LogP contribution in [0.4, 0.5) is 0 Å². The molecule has 4 atom stereocenters. The molecule has 332 valence electrons. The summed E-state index contributed by atoms with van der Waals surface area (Å²) in [5, 5.41) is 28.2. The van der Waals surface area contributed by atoms with E-state index in [1.165, 1.54) is 64.2 Å². The first-order valence-corrected chi connectivity index (χ1v) is 23.6. The fourth-order valence-corrected chi connectivity index (χ4v) is 6.60. The van der Waals surface area contributed by atoms with E-state index in [9.17, 15) is 29.3 Å². The summed E-state index contributed by atoms with van der Waals surface area (Å²) >= 11 is 0. The van der Waals surface area contributed by atoms with Crippen molar-refractivity contribution in [2.75, 3.05) is 26.4 Å². The number of esters is 2. The van der Waals surface area contributed by atoms with Crippen molar-refractivity contribution in [2.45, 2.75) is 193 Å². The second-order valence-corrected chi connectivity index (χ2v) is 16.9. The number of allylic oxidation sites excluding steroid dienone is 7. The van der Waals surface area contributed by atoms with E-state index in [1.54, 1.807) is 0 Å². The Morgan fingerprint density at radius 2 is 1.18 bits per heavy atom. The van der Waals surface area contributed by atoms with Gasteiger partial charge in [-0.3, -0.25) is 18.6 Å². The van der Waals surface area contributed by atoms with E-state index in [0.29, 0.717) is 19.3 Å². The van der Waals surface area contributed by atoms with E-state index in [-0.39, 0.29) is 25.6 Å². The van der Waals surface area contributed by atoms with E-state index in [2.05, 4.69) is 37.4 Å². The van der Waals surface area contributed by atoms with E-state index in [1.807, 2.05) is 36.5 Å². The highest BCUT2D eigenvalue weighted by molar-refractivity contribution is 7.47. The Bertz CT molecular complexity index is 1120. The lowest BCUT2D eigenvalue weighted by Gasteiger charge is -2.20.